The van der Waals surface area contributed by atoms with Crippen molar-refractivity contribution in [1.82, 2.24) is 0 Å². The summed E-state index contributed by atoms with van der Waals surface area (Å²) in [5.74, 6) is 0. The molecule has 0 fully saturated rings. The first kappa shape index (κ1) is 43.1. The van der Waals surface area contributed by atoms with Crippen molar-refractivity contribution in [2.24, 2.45) is 0 Å². The minimum Gasteiger partial charge on any atom is -0.871 e. The molecule has 0 rings (SSSR count). The van der Waals surface area contributed by atoms with Crippen LogP contribution in [0.2, 0.25) is 0 Å². The number of rotatable bonds is 0. The van der Waals surface area contributed by atoms with Crippen LogP contribution in [0.25, 0.3) is 0 Å². The quantitative estimate of drug-likeness (QED) is 0.184. The molecule has 0 aromatic heterocycles. The average molecular weight is 342 g/mol. The van der Waals surface area contributed by atoms with Crippen LogP contribution >= 0.6 is 0 Å². The zero-order valence-corrected chi connectivity index (χ0v) is 16.3. The fourth-order valence-electron chi connectivity index (χ4n) is 0. The molecule has 0 spiro atoms. The zero-order valence-electron chi connectivity index (χ0n) is 10.1. The fourth-order valence-corrected chi connectivity index (χ4v) is 0. The molecule has 0 heterocycles. The molecule has 0 aromatic carbocycles. The fraction of sp³-hybridized carbons (Fsp3) is 0. The molecule has 0 aliphatic rings. The van der Waals surface area contributed by atoms with Gasteiger partial charge in [-0.25, -0.2) is 0 Å². The van der Waals surface area contributed by atoms with Crippen molar-refractivity contribution in [2.75, 3.05) is 0 Å². The molecule has 0 saturated carbocycles. The normalized spacial score (nSPS) is 5.68. The van der Waals surface area contributed by atoms with Crippen LogP contribution < -0.4 is 113 Å². The van der Waals surface area contributed by atoms with Crippen LogP contribution in [0.4, 0.5) is 0 Å². The van der Waals surface area contributed by atoms with E-state index in [1.807, 2.05) is 0 Å². The van der Waals surface area contributed by atoms with Crippen molar-refractivity contribution in [2.45, 2.75) is 0 Å². The predicted molar refractivity (Wildman–Crippen MR) is 48.8 cm³/mol. The molecule has 12 N–H and O–H groups in total. The van der Waals surface area contributed by atoms with Crippen LogP contribution in [0.3, 0.4) is 0 Å². The minimum atomic E-state index is -2.67. The molecule has 104 valence electrons. The Morgan fingerprint density at radius 1 is 0.474 bits per heavy atom. The van der Waals surface area contributed by atoms with Gasteiger partial charge in [0.25, 0.3) is 0 Å². The zero-order chi connectivity index (χ0) is 14.3. The summed E-state index contributed by atoms with van der Waals surface area (Å²) in [7, 11) is -9.17. The van der Waals surface area contributed by atoms with E-state index in [9.17, 15) is 0 Å². The summed E-state index contributed by atoms with van der Waals surface area (Å²) < 4.78 is 0. The maximum absolute atomic E-state index is 8.53. The molecular weight excluding hydrogens is 329 g/mol. The molecule has 0 radical (unpaired) electrons. The number of hydrogen-bond acceptors (Lipinski definition) is 12. The summed E-state index contributed by atoms with van der Waals surface area (Å²) in [5.41, 5.74) is 0. The van der Waals surface area contributed by atoms with E-state index < -0.39 is 29.3 Å². The van der Waals surface area contributed by atoms with Gasteiger partial charge in [0.05, 0.1) is 7.32 Å². The summed E-state index contributed by atoms with van der Waals surface area (Å²) in [5, 5.41) is 88.5. The third-order valence-electron chi connectivity index (χ3n) is 0. The van der Waals surface area contributed by atoms with Gasteiger partial charge < -0.3 is 65.8 Å². The first-order valence-corrected chi connectivity index (χ1v) is 3.05. The van der Waals surface area contributed by atoms with Gasteiger partial charge >= 0.3 is 125 Å². The standard InChI is InChI=1S/3BH3O3.BHO3.2K.H2O/c4*2-1(3)4;;;/h3*2-4H;2H;;;1H2/q;;;-2;2*+1;. The van der Waals surface area contributed by atoms with E-state index >= 15 is 0 Å². The Morgan fingerprint density at radius 2 is 0.474 bits per heavy atom. The molecule has 0 aliphatic heterocycles. The van der Waals surface area contributed by atoms with Gasteiger partial charge in [0.1, 0.15) is 0 Å². The van der Waals surface area contributed by atoms with E-state index in [2.05, 4.69) is 0 Å². The second-order valence-electron chi connectivity index (χ2n) is 1.35. The van der Waals surface area contributed by atoms with Crippen LogP contribution in [-0.4, -0.2) is 85.0 Å². The first-order valence-electron chi connectivity index (χ1n) is 3.05. The smallest absolute Gasteiger partial charge is 0.871 e. The summed E-state index contributed by atoms with van der Waals surface area (Å²) in [4.78, 5) is 0. The Bertz CT molecular complexity index is 65.6. The van der Waals surface area contributed by atoms with E-state index in [1.54, 1.807) is 0 Å². The van der Waals surface area contributed by atoms with Crippen LogP contribution in [0.15, 0.2) is 0 Å². The van der Waals surface area contributed by atoms with Crippen LogP contribution in [0, 0.1) is 0 Å². The summed E-state index contributed by atoms with van der Waals surface area (Å²) in [6.07, 6.45) is 0. The molecule has 13 nitrogen and oxygen atoms in total. The van der Waals surface area contributed by atoms with Crippen LogP contribution in [0.5, 0.6) is 0 Å². The molecule has 0 aliphatic carbocycles. The van der Waals surface area contributed by atoms with Gasteiger partial charge in [-0.05, 0) is 0 Å². The molecule has 0 atom stereocenters. The SMILES string of the molecule is O.OB(O)O.OB(O)O.OB(O)O.[K+].[K+].[O-]B([O-])O. The van der Waals surface area contributed by atoms with Crippen molar-refractivity contribution in [3.8, 4) is 0 Å². The monoisotopic (exact) mass is 342 g/mol. The van der Waals surface area contributed by atoms with Gasteiger partial charge in [0.2, 0.25) is 0 Å². The van der Waals surface area contributed by atoms with Crippen LogP contribution in [-0.2, 0) is 0 Å². The average Bonchev–Trinajstić information content (AvgIpc) is 1.76. The third kappa shape index (κ3) is 837. The van der Waals surface area contributed by atoms with Gasteiger partial charge in [0, 0.05) is 0 Å². The molecular formula is H12B4K2O13. The largest absolute Gasteiger partial charge is 1.00 e. The Hall–Kier alpha value is 3.01. The van der Waals surface area contributed by atoms with E-state index in [0.717, 1.165) is 0 Å². The molecule has 0 unspecified atom stereocenters. The van der Waals surface area contributed by atoms with Crippen molar-refractivity contribution < 1.29 is 169 Å². The molecule has 0 saturated heterocycles. The first-order chi connectivity index (χ1) is 6.93. The summed E-state index contributed by atoms with van der Waals surface area (Å²) in [6, 6.07) is 0. The minimum absolute atomic E-state index is 0. The summed E-state index contributed by atoms with van der Waals surface area (Å²) >= 11 is 0. The maximum atomic E-state index is 8.53. The van der Waals surface area contributed by atoms with Crippen molar-refractivity contribution in [3.63, 3.8) is 0 Å². The topological polar surface area (TPSA) is 280 Å². The molecule has 0 amide bonds. The van der Waals surface area contributed by atoms with E-state index in [1.165, 1.54) is 0 Å². The third-order valence-corrected chi connectivity index (χ3v) is 0. The predicted octanol–water partition coefficient (Wildman–Crippen LogP) is -16.3. The van der Waals surface area contributed by atoms with Crippen molar-refractivity contribution in [3.05, 3.63) is 0 Å². The van der Waals surface area contributed by atoms with Gasteiger partial charge in [-0.2, -0.15) is 0 Å². The molecule has 0 aromatic rings. The van der Waals surface area contributed by atoms with Gasteiger partial charge in [0.15, 0.2) is 0 Å². The van der Waals surface area contributed by atoms with Gasteiger partial charge in [-0.1, -0.05) is 0 Å². The molecule has 0 bridgehead atoms. The van der Waals surface area contributed by atoms with E-state index in [0.29, 0.717) is 0 Å². The van der Waals surface area contributed by atoms with Gasteiger partial charge in [-0.3, -0.25) is 0 Å². The van der Waals surface area contributed by atoms with E-state index in [4.69, 9.17) is 60.3 Å². The van der Waals surface area contributed by atoms with Crippen molar-refractivity contribution in [1.29, 1.82) is 0 Å². The van der Waals surface area contributed by atoms with Crippen molar-refractivity contribution >= 4 is 29.3 Å². The second kappa shape index (κ2) is 37.3. The Kier molecular flexibility index (Phi) is 84.7. The Labute approximate surface area is 194 Å². The number of hydrogen-bond donors (Lipinski definition) is 10. The van der Waals surface area contributed by atoms with Gasteiger partial charge in [-0.15, -0.1) is 0 Å². The summed E-state index contributed by atoms with van der Waals surface area (Å²) in [6.45, 7) is 0. The second-order valence-corrected chi connectivity index (χ2v) is 1.35. The van der Waals surface area contributed by atoms with Crippen LogP contribution in [0.1, 0.15) is 0 Å². The molecule has 19 heavy (non-hydrogen) atoms. The maximum Gasteiger partial charge on any atom is 1.00 e. The Morgan fingerprint density at radius 3 is 0.474 bits per heavy atom. The van der Waals surface area contributed by atoms with E-state index in [-0.39, 0.29) is 108 Å². The Balaban J connectivity index is -0.0000000192. The molecule has 19 heteroatoms.